The van der Waals surface area contributed by atoms with Crippen LogP contribution in [0.4, 0.5) is 13.2 Å². The van der Waals surface area contributed by atoms with Gasteiger partial charge in [-0.05, 0) is 85.8 Å². The minimum Gasteiger partial charge on any atom is -0.490 e. The zero-order valence-corrected chi connectivity index (χ0v) is 19.5. The number of carboxylic acid groups (broad SMARTS) is 1. The molecule has 0 spiro atoms. The van der Waals surface area contributed by atoms with Gasteiger partial charge in [0, 0.05) is 18.6 Å². The van der Waals surface area contributed by atoms with Gasteiger partial charge < -0.3 is 9.84 Å². The van der Waals surface area contributed by atoms with Crippen molar-refractivity contribution in [1.82, 2.24) is 4.90 Å². The molecule has 2 atom stereocenters. The molecule has 2 aliphatic heterocycles. The van der Waals surface area contributed by atoms with Gasteiger partial charge in [0.05, 0.1) is 12.0 Å². The molecule has 0 radical (unpaired) electrons. The number of benzene rings is 2. The van der Waals surface area contributed by atoms with Crippen molar-refractivity contribution in [3.05, 3.63) is 41.5 Å². The first-order valence-corrected chi connectivity index (χ1v) is 12.5. The van der Waals surface area contributed by atoms with E-state index in [-0.39, 0.29) is 35.2 Å². The first kappa shape index (κ1) is 23.5. The zero-order valence-electron chi connectivity index (χ0n) is 19.5. The Bertz CT molecular complexity index is 1050. The molecule has 2 saturated heterocycles. The minimum atomic E-state index is -4.50. The number of aliphatic carboxylic acids is 1. The Labute approximate surface area is 198 Å². The van der Waals surface area contributed by atoms with Gasteiger partial charge in [-0.1, -0.05) is 25.1 Å². The molecule has 2 bridgehead atoms. The van der Waals surface area contributed by atoms with Crippen molar-refractivity contribution in [3.8, 4) is 5.75 Å². The lowest BCUT2D eigenvalue weighted by Gasteiger charge is -2.37. The predicted octanol–water partition coefficient (Wildman–Crippen LogP) is 6.64. The smallest absolute Gasteiger partial charge is 0.420 e. The third kappa shape index (κ3) is 4.64. The number of rotatable bonds is 5. The summed E-state index contributed by atoms with van der Waals surface area (Å²) in [6.07, 6.45) is 2.14. The van der Waals surface area contributed by atoms with Gasteiger partial charge >= 0.3 is 12.1 Å². The summed E-state index contributed by atoms with van der Waals surface area (Å²) in [5, 5.41) is 10.1. The van der Waals surface area contributed by atoms with E-state index in [0.717, 1.165) is 44.1 Å². The fourth-order valence-corrected chi connectivity index (χ4v) is 6.32. The largest absolute Gasteiger partial charge is 0.490 e. The summed E-state index contributed by atoms with van der Waals surface area (Å²) in [5.74, 6) is -0.476. The number of piperidine rings is 1. The van der Waals surface area contributed by atoms with Crippen LogP contribution in [0.2, 0.25) is 0 Å². The van der Waals surface area contributed by atoms with Crippen molar-refractivity contribution in [3.63, 3.8) is 0 Å². The molecule has 1 N–H and O–H groups in total. The van der Waals surface area contributed by atoms with Crippen LogP contribution in [0.1, 0.15) is 69.4 Å². The van der Waals surface area contributed by atoms with Gasteiger partial charge in [0.25, 0.3) is 0 Å². The van der Waals surface area contributed by atoms with E-state index in [0.29, 0.717) is 30.7 Å². The highest BCUT2D eigenvalue weighted by molar-refractivity contribution is 5.89. The van der Waals surface area contributed by atoms with Crippen LogP contribution < -0.4 is 4.74 Å². The maximum Gasteiger partial charge on any atom is 0.420 e. The maximum atomic E-state index is 14.1. The Hall–Kier alpha value is -2.28. The van der Waals surface area contributed by atoms with E-state index in [1.54, 1.807) is 18.2 Å². The summed E-state index contributed by atoms with van der Waals surface area (Å²) < 4.78 is 48.3. The Balaban J connectivity index is 1.39. The number of fused-ring (bicyclic) bond motifs is 3. The Kier molecular flexibility index (Phi) is 6.25. The van der Waals surface area contributed by atoms with Crippen LogP contribution in [0.3, 0.4) is 0 Å². The number of hydrogen-bond donors (Lipinski definition) is 1. The number of alkyl halides is 3. The van der Waals surface area contributed by atoms with Crippen molar-refractivity contribution in [2.45, 2.75) is 89.2 Å². The predicted molar refractivity (Wildman–Crippen MR) is 124 cm³/mol. The third-order valence-electron chi connectivity index (χ3n) is 8.18. The van der Waals surface area contributed by atoms with Crippen molar-refractivity contribution < 1.29 is 27.8 Å². The molecule has 2 unspecified atom stereocenters. The Morgan fingerprint density at radius 3 is 2.32 bits per heavy atom. The highest BCUT2D eigenvalue weighted by atomic mass is 19.4. The molecule has 4 nitrogen and oxygen atoms in total. The molecule has 5 rings (SSSR count). The number of halogens is 3. The summed E-state index contributed by atoms with van der Waals surface area (Å²) in [7, 11) is 0. The van der Waals surface area contributed by atoms with E-state index < -0.39 is 17.7 Å². The fraction of sp³-hybridized carbons (Fsp3) is 0.593. The summed E-state index contributed by atoms with van der Waals surface area (Å²) in [5.41, 5.74) is 0.277. The zero-order chi connectivity index (χ0) is 24.0. The normalized spacial score (nSPS) is 29.9. The first-order chi connectivity index (χ1) is 16.2. The van der Waals surface area contributed by atoms with E-state index in [9.17, 15) is 23.1 Å². The Morgan fingerprint density at radius 2 is 1.71 bits per heavy atom. The lowest BCUT2D eigenvalue weighted by molar-refractivity contribution is -0.144. The average Bonchev–Trinajstić information content (AvgIpc) is 3.00. The summed E-state index contributed by atoms with van der Waals surface area (Å²) in [4.78, 5) is 13.8. The van der Waals surface area contributed by atoms with Crippen molar-refractivity contribution in [1.29, 1.82) is 0 Å². The van der Waals surface area contributed by atoms with E-state index >= 15 is 0 Å². The van der Waals surface area contributed by atoms with E-state index in [1.807, 2.05) is 6.07 Å². The van der Waals surface area contributed by atoms with Crippen LogP contribution in [0, 0.1) is 11.8 Å². The van der Waals surface area contributed by atoms with Gasteiger partial charge in [0.2, 0.25) is 0 Å². The summed E-state index contributed by atoms with van der Waals surface area (Å²) in [6.45, 7) is 2.81. The summed E-state index contributed by atoms with van der Waals surface area (Å²) in [6, 6.07) is 8.89. The number of carboxylic acids is 1. The second-order valence-corrected chi connectivity index (χ2v) is 10.6. The van der Waals surface area contributed by atoms with Crippen LogP contribution in [0.5, 0.6) is 5.75 Å². The summed E-state index contributed by atoms with van der Waals surface area (Å²) >= 11 is 0. The van der Waals surface area contributed by atoms with Gasteiger partial charge in [-0.15, -0.1) is 0 Å². The number of nitrogens with zero attached hydrogens (tertiary/aromatic N) is 1. The van der Waals surface area contributed by atoms with Crippen LogP contribution in [-0.4, -0.2) is 34.2 Å². The second kappa shape index (κ2) is 9.06. The van der Waals surface area contributed by atoms with Gasteiger partial charge in [0.1, 0.15) is 11.3 Å². The Morgan fingerprint density at radius 1 is 1.03 bits per heavy atom. The van der Waals surface area contributed by atoms with Crippen LogP contribution in [0.25, 0.3) is 10.8 Å². The molecule has 0 aromatic heterocycles. The fourth-order valence-electron chi connectivity index (χ4n) is 6.32. The molecular formula is C27H32F3NO3. The molecule has 7 heteroatoms. The molecule has 3 fully saturated rings. The number of carbonyl (C=O) groups is 1. The molecule has 3 aliphatic rings. The van der Waals surface area contributed by atoms with Crippen molar-refractivity contribution in [2.24, 2.45) is 11.8 Å². The minimum absolute atomic E-state index is 0.0684. The van der Waals surface area contributed by atoms with Gasteiger partial charge in [-0.3, -0.25) is 9.69 Å². The van der Waals surface area contributed by atoms with Gasteiger partial charge in [0.15, 0.2) is 0 Å². The molecule has 184 valence electrons. The molecule has 0 amide bonds. The highest BCUT2D eigenvalue weighted by Gasteiger charge is 2.43. The maximum absolute atomic E-state index is 14.1. The van der Waals surface area contributed by atoms with E-state index in [4.69, 9.17) is 4.74 Å². The van der Waals surface area contributed by atoms with Crippen LogP contribution >= 0.6 is 0 Å². The molecule has 2 heterocycles. The lowest BCUT2D eigenvalue weighted by Crippen LogP contribution is -2.44. The average molecular weight is 476 g/mol. The quantitative estimate of drug-likeness (QED) is 0.526. The topological polar surface area (TPSA) is 49.8 Å². The number of hydrogen-bond acceptors (Lipinski definition) is 3. The molecule has 2 aromatic carbocycles. The van der Waals surface area contributed by atoms with Crippen LogP contribution in [0.15, 0.2) is 30.3 Å². The monoisotopic (exact) mass is 475 g/mol. The molecule has 1 aliphatic carbocycles. The standard InChI is InChI=1S/C27H32F3NO3/c1-16-2-8-22(9-3-16)34-24-11-5-18-12-17(4-10-23(18)25(24)27(28,29)30)15-31-20-6-7-21(31)14-19(13-20)26(32)33/h4-5,10-12,16,19-22H,2-3,6-9,13-15H2,1H3,(H,32,33). The van der Waals surface area contributed by atoms with Crippen molar-refractivity contribution >= 4 is 16.7 Å². The van der Waals surface area contributed by atoms with E-state index in [2.05, 4.69) is 11.8 Å². The van der Waals surface area contributed by atoms with Gasteiger partial charge in [-0.25, -0.2) is 0 Å². The molecule has 1 saturated carbocycles. The second-order valence-electron chi connectivity index (χ2n) is 10.6. The first-order valence-electron chi connectivity index (χ1n) is 12.5. The van der Waals surface area contributed by atoms with Gasteiger partial charge in [-0.2, -0.15) is 13.2 Å². The molecular weight excluding hydrogens is 443 g/mol. The van der Waals surface area contributed by atoms with Crippen LogP contribution in [-0.2, 0) is 17.5 Å². The molecule has 2 aromatic rings. The lowest BCUT2D eigenvalue weighted by atomic mass is 9.89. The van der Waals surface area contributed by atoms with Crippen molar-refractivity contribution in [2.75, 3.05) is 0 Å². The SMILES string of the molecule is CC1CCC(Oc2ccc3cc(CN4C5CCC4CC(C(=O)O)C5)ccc3c2C(F)(F)F)CC1. The third-order valence-corrected chi connectivity index (χ3v) is 8.18. The molecule has 34 heavy (non-hydrogen) atoms. The highest BCUT2D eigenvalue weighted by Crippen LogP contribution is 2.44. The number of ether oxygens (including phenoxy) is 1. The van der Waals surface area contributed by atoms with E-state index in [1.165, 1.54) is 6.07 Å².